The van der Waals surface area contributed by atoms with Crippen LogP contribution < -0.4 is 0 Å². The van der Waals surface area contributed by atoms with Crippen molar-refractivity contribution in [2.75, 3.05) is 26.4 Å². The average Bonchev–Trinajstić information content (AvgIpc) is 3.39. The molecule has 2 aromatic rings. The highest BCUT2D eigenvalue weighted by atomic mass is 16.5. The molecule has 2 aromatic carbocycles. The van der Waals surface area contributed by atoms with Gasteiger partial charge in [0.15, 0.2) is 0 Å². The monoisotopic (exact) mass is 1020 g/mol. The van der Waals surface area contributed by atoms with Crippen LogP contribution in [0.5, 0.6) is 5.75 Å². The minimum absolute atomic E-state index is 0.0156. The highest BCUT2D eigenvalue weighted by Gasteiger charge is 2.28. The molecular formula is C64H106O9. The first-order chi connectivity index (χ1) is 35.8. The van der Waals surface area contributed by atoms with Gasteiger partial charge < -0.3 is 24.1 Å². The van der Waals surface area contributed by atoms with Crippen LogP contribution in [0.3, 0.4) is 0 Å². The molecule has 0 saturated heterocycles. The molecule has 1 N–H and O–H groups in total. The first-order valence-electron chi connectivity index (χ1n) is 30.5. The summed E-state index contributed by atoms with van der Waals surface area (Å²) >= 11 is 0. The molecule has 0 spiro atoms. The minimum Gasteiger partial charge on any atom is -0.506 e. The fourth-order valence-electron chi connectivity index (χ4n) is 9.58. The summed E-state index contributed by atoms with van der Waals surface area (Å²) in [7, 11) is 0. The van der Waals surface area contributed by atoms with E-state index in [4.69, 9.17) is 18.9 Å². The summed E-state index contributed by atoms with van der Waals surface area (Å²) in [4.78, 5) is 55.2. The maximum absolute atomic E-state index is 14.1. The van der Waals surface area contributed by atoms with Crippen LogP contribution in [0.4, 0.5) is 0 Å². The zero-order valence-electron chi connectivity index (χ0n) is 47.2. The van der Waals surface area contributed by atoms with Crippen molar-refractivity contribution in [3.63, 3.8) is 0 Å². The number of hydrogen-bond acceptors (Lipinski definition) is 9. The van der Waals surface area contributed by atoms with E-state index in [0.717, 1.165) is 77.0 Å². The zero-order valence-corrected chi connectivity index (χ0v) is 47.2. The standard InChI is InChI=1S/C64H106O9/c1-5-9-13-17-21-25-29-33-37-41-49-70-61(66)56-46-45-54(53-58(56)63(68)72-51-43-39-35-31-27-23-19-15-11-7-3)55-47-48-57(62(67)71-50-42-38-34-30-26-22-18-14-10-6-2)60(65)59(55)64(69)73-52-44-40-36-32-28-24-20-16-12-8-4/h45-48,53,65H,5-44,49-52H2,1-4H3. The molecule has 0 atom stereocenters. The molecule has 9 heteroatoms. The second-order valence-electron chi connectivity index (χ2n) is 20.9. The van der Waals surface area contributed by atoms with E-state index in [9.17, 15) is 24.3 Å². The number of esters is 4. The van der Waals surface area contributed by atoms with Gasteiger partial charge >= 0.3 is 23.9 Å². The van der Waals surface area contributed by atoms with E-state index in [1.54, 1.807) is 12.1 Å². The number of unbranched alkanes of at least 4 members (excludes halogenated alkanes) is 36. The normalized spacial score (nSPS) is 11.2. The molecule has 0 amide bonds. The SMILES string of the molecule is CCCCCCCCCCCCOC(=O)c1ccc(-c2ccc(C(=O)OCCCCCCCCCCCC)c(O)c2C(=O)OCCCCCCCCCCCC)cc1C(=O)OCCCCCCCCCCCC. The van der Waals surface area contributed by atoms with Gasteiger partial charge in [0.05, 0.1) is 37.6 Å². The van der Waals surface area contributed by atoms with Crippen LogP contribution in [-0.2, 0) is 18.9 Å². The smallest absolute Gasteiger partial charge is 0.342 e. The third kappa shape index (κ3) is 30.9. The zero-order chi connectivity index (χ0) is 52.8. The quantitative estimate of drug-likeness (QED) is 0.0392. The number of hydrogen-bond donors (Lipinski definition) is 1. The van der Waals surface area contributed by atoms with Crippen molar-refractivity contribution < 1.29 is 43.2 Å². The van der Waals surface area contributed by atoms with Crippen LogP contribution in [0.25, 0.3) is 11.1 Å². The van der Waals surface area contributed by atoms with Crippen molar-refractivity contribution >= 4 is 23.9 Å². The molecular weight excluding hydrogens is 913 g/mol. The number of benzene rings is 2. The number of aromatic hydroxyl groups is 1. The van der Waals surface area contributed by atoms with Crippen molar-refractivity contribution in [1.82, 2.24) is 0 Å². The predicted octanol–water partition coefficient (Wildman–Crippen LogP) is 19.4. The molecule has 0 aliphatic carbocycles. The van der Waals surface area contributed by atoms with Crippen LogP contribution in [0, 0.1) is 0 Å². The van der Waals surface area contributed by atoms with Crippen molar-refractivity contribution in [2.45, 2.75) is 285 Å². The average molecular weight is 1020 g/mol. The van der Waals surface area contributed by atoms with Gasteiger partial charge in [-0.05, 0) is 49.4 Å². The fourth-order valence-corrected chi connectivity index (χ4v) is 9.58. The number of rotatable bonds is 49. The second kappa shape index (κ2) is 45.5. The second-order valence-corrected chi connectivity index (χ2v) is 20.9. The Morgan fingerprint density at radius 3 is 0.904 bits per heavy atom. The Hall–Kier alpha value is -3.88. The summed E-state index contributed by atoms with van der Waals surface area (Å²) in [5.41, 5.74) is 0.396. The fraction of sp³-hybridized carbons (Fsp3) is 0.750. The molecule has 0 bridgehead atoms. The molecule has 9 nitrogen and oxygen atoms in total. The van der Waals surface area contributed by atoms with Gasteiger partial charge in [-0.1, -0.05) is 271 Å². The third-order valence-electron chi connectivity index (χ3n) is 14.3. The molecule has 0 unspecified atom stereocenters. The van der Waals surface area contributed by atoms with E-state index in [2.05, 4.69) is 27.7 Å². The van der Waals surface area contributed by atoms with E-state index in [1.165, 1.54) is 179 Å². The molecule has 0 fully saturated rings. The van der Waals surface area contributed by atoms with Gasteiger partial charge in [0.2, 0.25) is 0 Å². The Bertz CT molecular complexity index is 1720. The van der Waals surface area contributed by atoms with Gasteiger partial charge in [0.1, 0.15) is 16.9 Å². The molecule has 0 aliphatic heterocycles. The summed E-state index contributed by atoms with van der Waals surface area (Å²) in [6, 6.07) is 7.70. The van der Waals surface area contributed by atoms with Crippen LogP contribution in [0.1, 0.15) is 326 Å². The molecule has 2 rings (SSSR count). The molecule has 0 heterocycles. The van der Waals surface area contributed by atoms with Crippen molar-refractivity contribution in [3.05, 3.63) is 52.6 Å². The first kappa shape index (κ1) is 65.2. The number of ether oxygens (including phenoxy) is 4. The number of phenols is 1. The van der Waals surface area contributed by atoms with Crippen LogP contribution in [0.2, 0.25) is 0 Å². The predicted molar refractivity (Wildman–Crippen MR) is 302 cm³/mol. The van der Waals surface area contributed by atoms with E-state index in [-0.39, 0.29) is 54.2 Å². The van der Waals surface area contributed by atoms with Crippen LogP contribution in [-0.4, -0.2) is 55.4 Å². The lowest BCUT2D eigenvalue weighted by Crippen LogP contribution is -2.16. The molecule has 73 heavy (non-hydrogen) atoms. The van der Waals surface area contributed by atoms with E-state index in [0.29, 0.717) is 24.8 Å². The largest absolute Gasteiger partial charge is 0.506 e. The van der Waals surface area contributed by atoms with Gasteiger partial charge in [-0.3, -0.25) is 0 Å². The number of phenolic OH excluding ortho intramolecular Hbond substituents is 1. The van der Waals surface area contributed by atoms with E-state index < -0.39 is 29.6 Å². The number of carbonyl (C=O) groups is 4. The Balaban J connectivity index is 2.26. The van der Waals surface area contributed by atoms with Crippen molar-refractivity contribution in [2.24, 2.45) is 0 Å². The maximum atomic E-state index is 14.1. The van der Waals surface area contributed by atoms with E-state index in [1.807, 2.05) is 0 Å². The Labute approximate surface area is 445 Å². The summed E-state index contributed by atoms with van der Waals surface area (Å²) in [5.74, 6) is -3.32. The van der Waals surface area contributed by atoms with Gasteiger partial charge in [0.25, 0.3) is 0 Å². The topological polar surface area (TPSA) is 125 Å². The van der Waals surface area contributed by atoms with Gasteiger partial charge in [-0.2, -0.15) is 0 Å². The Kier molecular flexibility index (Phi) is 40.7. The molecule has 0 radical (unpaired) electrons. The van der Waals surface area contributed by atoms with Crippen LogP contribution >= 0.6 is 0 Å². The molecule has 0 aliphatic rings. The minimum atomic E-state index is -0.780. The lowest BCUT2D eigenvalue weighted by Gasteiger charge is -2.16. The lowest BCUT2D eigenvalue weighted by molar-refractivity contribution is 0.0450. The third-order valence-corrected chi connectivity index (χ3v) is 14.3. The number of carbonyl (C=O) groups excluding carboxylic acids is 4. The van der Waals surface area contributed by atoms with Crippen molar-refractivity contribution in [1.29, 1.82) is 0 Å². The Morgan fingerprint density at radius 1 is 0.315 bits per heavy atom. The van der Waals surface area contributed by atoms with Gasteiger partial charge in [-0.15, -0.1) is 0 Å². The maximum Gasteiger partial charge on any atom is 0.342 e. The summed E-state index contributed by atoms with van der Waals surface area (Å²) < 4.78 is 23.0. The van der Waals surface area contributed by atoms with E-state index >= 15 is 0 Å². The van der Waals surface area contributed by atoms with Gasteiger partial charge in [-0.25, -0.2) is 19.2 Å². The Morgan fingerprint density at radius 2 is 0.575 bits per heavy atom. The lowest BCUT2D eigenvalue weighted by atomic mass is 9.93. The highest BCUT2D eigenvalue weighted by Crippen LogP contribution is 2.36. The molecule has 0 aromatic heterocycles. The highest BCUT2D eigenvalue weighted by molar-refractivity contribution is 6.07. The van der Waals surface area contributed by atoms with Crippen LogP contribution in [0.15, 0.2) is 30.3 Å². The van der Waals surface area contributed by atoms with Crippen molar-refractivity contribution in [3.8, 4) is 16.9 Å². The van der Waals surface area contributed by atoms with Gasteiger partial charge in [0, 0.05) is 5.56 Å². The first-order valence-corrected chi connectivity index (χ1v) is 30.5. The molecule has 416 valence electrons. The summed E-state index contributed by atoms with van der Waals surface area (Å²) in [6.07, 6.45) is 45.9. The molecule has 0 saturated carbocycles. The summed E-state index contributed by atoms with van der Waals surface area (Å²) in [6.45, 7) is 9.73. The summed E-state index contributed by atoms with van der Waals surface area (Å²) in [5, 5.41) is 11.8.